The average molecular weight is 344 g/mol. The van der Waals surface area contributed by atoms with Crippen molar-refractivity contribution in [2.24, 2.45) is 0 Å². The summed E-state index contributed by atoms with van der Waals surface area (Å²) in [7, 11) is 0. The summed E-state index contributed by atoms with van der Waals surface area (Å²) >= 11 is 6.02. The molecule has 2 N–H and O–H groups in total. The largest absolute Gasteiger partial charge is 0.349 e. The number of anilines is 3. The summed E-state index contributed by atoms with van der Waals surface area (Å²) < 4.78 is 12.9. The number of aryl methyl sites for hydroxylation is 1. The molecule has 0 atom stereocenters. The zero-order valence-corrected chi connectivity index (χ0v) is 13.7. The Morgan fingerprint density at radius 3 is 2.71 bits per heavy atom. The number of rotatable bonds is 5. The van der Waals surface area contributed by atoms with Crippen molar-refractivity contribution in [1.29, 1.82) is 0 Å². The Hall–Kier alpha value is -2.73. The van der Waals surface area contributed by atoms with Crippen LogP contribution in [0.3, 0.4) is 0 Å². The summed E-state index contributed by atoms with van der Waals surface area (Å²) in [6.07, 6.45) is 1.53. The summed E-state index contributed by atoms with van der Waals surface area (Å²) in [5.74, 6) is 0.667. The predicted octanol–water partition coefficient (Wildman–Crippen LogP) is 4.33. The molecule has 0 amide bonds. The van der Waals surface area contributed by atoms with Crippen LogP contribution in [0.4, 0.5) is 21.8 Å². The quantitative estimate of drug-likeness (QED) is 0.722. The second-order valence-electron chi connectivity index (χ2n) is 5.23. The van der Waals surface area contributed by atoms with Crippen molar-refractivity contribution < 1.29 is 4.39 Å². The Labute approximate surface area is 143 Å². The van der Waals surface area contributed by atoms with Crippen molar-refractivity contribution in [3.63, 3.8) is 0 Å². The van der Waals surface area contributed by atoms with Gasteiger partial charge in [-0.25, -0.2) is 4.39 Å². The van der Waals surface area contributed by atoms with Crippen molar-refractivity contribution in [3.8, 4) is 0 Å². The van der Waals surface area contributed by atoms with Crippen LogP contribution in [0.15, 0.2) is 48.7 Å². The third-order valence-electron chi connectivity index (χ3n) is 3.39. The molecule has 0 bridgehead atoms. The van der Waals surface area contributed by atoms with Gasteiger partial charge in [0, 0.05) is 17.3 Å². The first-order chi connectivity index (χ1) is 11.6. The van der Waals surface area contributed by atoms with Crippen LogP contribution in [0.25, 0.3) is 0 Å². The van der Waals surface area contributed by atoms with Crippen LogP contribution in [0.1, 0.15) is 11.1 Å². The number of hydrogen-bond donors (Lipinski definition) is 2. The van der Waals surface area contributed by atoms with Gasteiger partial charge in [0.15, 0.2) is 5.82 Å². The molecule has 0 saturated heterocycles. The van der Waals surface area contributed by atoms with E-state index in [0.29, 0.717) is 23.3 Å². The Morgan fingerprint density at radius 2 is 1.92 bits per heavy atom. The van der Waals surface area contributed by atoms with Gasteiger partial charge >= 0.3 is 0 Å². The van der Waals surface area contributed by atoms with Gasteiger partial charge in [-0.2, -0.15) is 10.1 Å². The Balaban J connectivity index is 1.69. The maximum absolute atomic E-state index is 12.9. The van der Waals surface area contributed by atoms with Crippen LogP contribution >= 0.6 is 11.6 Å². The van der Waals surface area contributed by atoms with E-state index in [-0.39, 0.29) is 5.82 Å². The SMILES string of the molecule is Cc1ccc(Cl)cc1Nc1cnnc(NCc2ccc(F)cc2)n1. The number of nitrogens with one attached hydrogen (secondary N) is 2. The molecule has 3 aromatic rings. The molecule has 7 heteroatoms. The second kappa shape index (κ2) is 7.23. The molecule has 122 valence electrons. The molecule has 24 heavy (non-hydrogen) atoms. The number of aromatic nitrogens is 3. The number of benzene rings is 2. The standard InChI is InChI=1S/C17H15ClFN5/c1-11-2-5-13(18)8-15(11)22-16-10-21-24-17(23-16)20-9-12-3-6-14(19)7-4-12/h2-8,10H,9H2,1H3,(H2,20,22,23,24). The highest BCUT2D eigenvalue weighted by molar-refractivity contribution is 6.30. The van der Waals surface area contributed by atoms with E-state index in [9.17, 15) is 4.39 Å². The smallest absolute Gasteiger partial charge is 0.244 e. The molecule has 3 rings (SSSR count). The zero-order chi connectivity index (χ0) is 16.9. The van der Waals surface area contributed by atoms with Crippen LogP contribution in [0.5, 0.6) is 0 Å². The van der Waals surface area contributed by atoms with Crippen molar-refractivity contribution in [2.75, 3.05) is 10.6 Å². The Kier molecular flexibility index (Phi) is 4.86. The lowest BCUT2D eigenvalue weighted by Crippen LogP contribution is -2.06. The van der Waals surface area contributed by atoms with E-state index in [1.807, 2.05) is 25.1 Å². The van der Waals surface area contributed by atoms with Crippen molar-refractivity contribution >= 4 is 29.1 Å². The molecule has 0 radical (unpaired) electrons. The third kappa shape index (κ3) is 4.17. The maximum Gasteiger partial charge on any atom is 0.244 e. The average Bonchev–Trinajstić information content (AvgIpc) is 2.58. The molecule has 1 aromatic heterocycles. The molecular weight excluding hydrogens is 329 g/mol. The Bertz CT molecular complexity index is 839. The third-order valence-corrected chi connectivity index (χ3v) is 3.62. The van der Waals surface area contributed by atoms with Gasteiger partial charge in [0.1, 0.15) is 5.82 Å². The van der Waals surface area contributed by atoms with Crippen LogP contribution in [-0.4, -0.2) is 15.2 Å². The molecule has 1 heterocycles. The molecule has 0 spiro atoms. The van der Waals surface area contributed by atoms with Gasteiger partial charge in [0.25, 0.3) is 0 Å². The fourth-order valence-electron chi connectivity index (χ4n) is 2.09. The first-order valence-corrected chi connectivity index (χ1v) is 7.69. The van der Waals surface area contributed by atoms with E-state index < -0.39 is 0 Å². The van der Waals surface area contributed by atoms with E-state index in [0.717, 1.165) is 16.8 Å². The Morgan fingerprint density at radius 1 is 1.12 bits per heavy atom. The number of halogens is 2. The number of hydrogen-bond acceptors (Lipinski definition) is 5. The van der Waals surface area contributed by atoms with Gasteiger partial charge in [-0.15, -0.1) is 5.10 Å². The maximum atomic E-state index is 12.9. The predicted molar refractivity (Wildman–Crippen MR) is 93.0 cm³/mol. The fourth-order valence-corrected chi connectivity index (χ4v) is 2.26. The van der Waals surface area contributed by atoms with E-state index in [1.54, 1.807) is 12.1 Å². The first kappa shape index (κ1) is 16.1. The summed E-state index contributed by atoms with van der Waals surface area (Å²) in [5.41, 5.74) is 2.82. The van der Waals surface area contributed by atoms with Crippen LogP contribution in [0.2, 0.25) is 5.02 Å². The minimum atomic E-state index is -0.264. The number of nitrogens with zero attached hydrogens (tertiary/aromatic N) is 3. The lowest BCUT2D eigenvalue weighted by atomic mass is 10.2. The summed E-state index contributed by atoms with van der Waals surface area (Å²) in [4.78, 5) is 4.36. The van der Waals surface area contributed by atoms with E-state index in [1.165, 1.54) is 18.3 Å². The highest BCUT2D eigenvalue weighted by atomic mass is 35.5. The van der Waals surface area contributed by atoms with E-state index >= 15 is 0 Å². The molecule has 0 saturated carbocycles. The summed E-state index contributed by atoms with van der Waals surface area (Å²) in [5, 5.41) is 14.7. The van der Waals surface area contributed by atoms with Crippen molar-refractivity contribution in [2.45, 2.75) is 13.5 Å². The molecule has 5 nitrogen and oxygen atoms in total. The van der Waals surface area contributed by atoms with Crippen LogP contribution in [-0.2, 0) is 6.54 Å². The highest BCUT2D eigenvalue weighted by Crippen LogP contribution is 2.23. The van der Waals surface area contributed by atoms with Gasteiger partial charge in [-0.1, -0.05) is 29.8 Å². The van der Waals surface area contributed by atoms with Crippen molar-refractivity contribution in [3.05, 3.63) is 70.6 Å². The fraction of sp³-hybridized carbons (Fsp3) is 0.118. The minimum absolute atomic E-state index is 0.264. The van der Waals surface area contributed by atoms with Crippen molar-refractivity contribution in [1.82, 2.24) is 15.2 Å². The van der Waals surface area contributed by atoms with Gasteiger partial charge in [0.2, 0.25) is 5.95 Å². The van der Waals surface area contributed by atoms with E-state index in [4.69, 9.17) is 11.6 Å². The molecule has 0 aliphatic heterocycles. The molecule has 2 aromatic carbocycles. The molecular formula is C17H15ClFN5. The summed E-state index contributed by atoms with van der Waals surface area (Å²) in [6, 6.07) is 11.8. The highest BCUT2D eigenvalue weighted by Gasteiger charge is 2.04. The molecule has 0 unspecified atom stereocenters. The zero-order valence-electron chi connectivity index (χ0n) is 12.9. The van der Waals surface area contributed by atoms with Gasteiger partial charge in [0.05, 0.1) is 6.20 Å². The molecule has 0 aliphatic rings. The van der Waals surface area contributed by atoms with Crippen LogP contribution < -0.4 is 10.6 Å². The lowest BCUT2D eigenvalue weighted by molar-refractivity contribution is 0.627. The van der Waals surface area contributed by atoms with Crippen LogP contribution in [0, 0.1) is 12.7 Å². The van der Waals surface area contributed by atoms with Gasteiger partial charge < -0.3 is 10.6 Å². The summed E-state index contributed by atoms with van der Waals surface area (Å²) in [6.45, 7) is 2.45. The van der Waals surface area contributed by atoms with E-state index in [2.05, 4.69) is 25.8 Å². The molecule has 0 fully saturated rings. The normalized spacial score (nSPS) is 10.5. The minimum Gasteiger partial charge on any atom is -0.349 e. The monoisotopic (exact) mass is 343 g/mol. The second-order valence-corrected chi connectivity index (χ2v) is 5.67. The topological polar surface area (TPSA) is 62.7 Å². The molecule has 0 aliphatic carbocycles. The van der Waals surface area contributed by atoms with Gasteiger partial charge in [-0.3, -0.25) is 0 Å². The lowest BCUT2D eigenvalue weighted by Gasteiger charge is -2.10. The van der Waals surface area contributed by atoms with Gasteiger partial charge in [-0.05, 0) is 42.3 Å². The first-order valence-electron chi connectivity index (χ1n) is 7.31.